The molecule has 0 saturated carbocycles. The fraction of sp³-hybridized carbons (Fsp3) is 0.333. The summed E-state index contributed by atoms with van der Waals surface area (Å²) in [5, 5.41) is 15.4. The number of hydroxylamine groups is 1. The molecule has 2 unspecified atom stereocenters. The number of carbonyl (C=O) groups is 1. The molecule has 0 radical (unpaired) electrons. The van der Waals surface area contributed by atoms with Crippen LogP contribution in [0.4, 0.5) is 0 Å². The van der Waals surface area contributed by atoms with Gasteiger partial charge in [-0.15, -0.1) is 0 Å². The van der Waals surface area contributed by atoms with Crippen LogP contribution in [0.15, 0.2) is 36.5 Å². The monoisotopic (exact) mass is 356 g/mol. The molecule has 4 N–H and O–H groups in total. The van der Waals surface area contributed by atoms with Gasteiger partial charge in [-0.1, -0.05) is 12.1 Å². The van der Waals surface area contributed by atoms with Crippen molar-refractivity contribution in [1.29, 1.82) is 0 Å². The van der Waals surface area contributed by atoms with Crippen LogP contribution < -0.4 is 20.9 Å². The van der Waals surface area contributed by atoms with E-state index in [0.717, 1.165) is 16.9 Å². The number of rotatable bonds is 4. The molecule has 2 aromatic rings. The smallest absolute Gasteiger partial charge is 0.270 e. The number of aliphatic hydroxyl groups is 1. The van der Waals surface area contributed by atoms with Crippen LogP contribution in [0.2, 0.25) is 0 Å². The number of benzene rings is 1. The molecule has 0 spiro atoms. The standard InChI is InChI=1S/C18H20N4O4/c1-10-20-17(22-26-10)12-2-3-13-15(9-25-16(13)7-12)21-18(24)14-6-11(8-23)4-5-19-14/h2-7,10,15,17,20,22-23H,8-9H2,1H3,(H,21,24)/t10?,15-,17?/m1/s1. The van der Waals surface area contributed by atoms with Crippen molar-refractivity contribution in [2.45, 2.75) is 32.0 Å². The number of aliphatic hydroxyl groups excluding tert-OH is 1. The number of nitrogens with zero attached hydrogens (tertiary/aromatic N) is 1. The van der Waals surface area contributed by atoms with Crippen molar-refractivity contribution < 1.29 is 19.5 Å². The van der Waals surface area contributed by atoms with Crippen LogP contribution in [0.1, 0.15) is 46.3 Å². The summed E-state index contributed by atoms with van der Waals surface area (Å²) in [6.45, 7) is 2.15. The second-order valence-electron chi connectivity index (χ2n) is 6.32. The first kappa shape index (κ1) is 16.9. The van der Waals surface area contributed by atoms with Crippen molar-refractivity contribution in [3.63, 3.8) is 0 Å². The van der Waals surface area contributed by atoms with E-state index in [1.807, 2.05) is 25.1 Å². The Balaban J connectivity index is 1.48. The van der Waals surface area contributed by atoms with E-state index in [0.29, 0.717) is 12.2 Å². The Morgan fingerprint density at radius 3 is 3.04 bits per heavy atom. The topological polar surface area (TPSA) is 105 Å². The largest absolute Gasteiger partial charge is 0.491 e. The predicted octanol–water partition coefficient (Wildman–Crippen LogP) is 0.906. The van der Waals surface area contributed by atoms with Gasteiger partial charge in [-0.3, -0.25) is 19.9 Å². The third-order valence-electron chi connectivity index (χ3n) is 4.46. The Bertz CT molecular complexity index is 829. The minimum absolute atomic E-state index is 0.0663. The average molecular weight is 356 g/mol. The zero-order valence-electron chi connectivity index (χ0n) is 14.2. The Hall–Kier alpha value is -2.52. The number of hydrogen-bond donors (Lipinski definition) is 4. The van der Waals surface area contributed by atoms with E-state index in [2.05, 4.69) is 21.1 Å². The number of nitrogens with one attached hydrogen (secondary N) is 3. The van der Waals surface area contributed by atoms with Gasteiger partial charge in [0.15, 0.2) is 0 Å². The van der Waals surface area contributed by atoms with Crippen molar-refractivity contribution in [3.05, 3.63) is 58.9 Å². The Labute approximate surface area is 150 Å². The molecule has 0 bridgehead atoms. The normalized spacial score (nSPS) is 24.2. The first-order chi connectivity index (χ1) is 12.6. The van der Waals surface area contributed by atoms with Crippen LogP contribution in [-0.4, -0.2) is 28.8 Å². The van der Waals surface area contributed by atoms with E-state index < -0.39 is 0 Å². The van der Waals surface area contributed by atoms with Crippen LogP contribution in [0.3, 0.4) is 0 Å². The number of amides is 1. The van der Waals surface area contributed by atoms with Crippen molar-refractivity contribution in [1.82, 2.24) is 21.1 Å². The van der Waals surface area contributed by atoms with Crippen molar-refractivity contribution in [2.24, 2.45) is 0 Å². The summed E-state index contributed by atoms with van der Waals surface area (Å²) in [6.07, 6.45) is 1.35. The van der Waals surface area contributed by atoms with E-state index in [-0.39, 0.29) is 36.6 Å². The van der Waals surface area contributed by atoms with Gasteiger partial charge in [0.05, 0.1) is 12.6 Å². The van der Waals surface area contributed by atoms with E-state index in [9.17, 15) is 9.90 Å². The second kappa shape index (κ2) is 7.00. The Morgan fingerprint density at radius 2 is 2.27 bits per heavy atom. The molecule has 1 amide bonds. The van der Waals surface area contributed by atoms with Gasteiger partial charge in [0.1, 0.15) is 30.4 Å². The highest BCUT2D eigenvalue weighted by atomic mass is 16.7. The summed E-state index contributed by atoms with van der Waals surface area (Å²) in [4.78, 5) is 21.8. The van der Waals surface area contributed by atoms with Crippen molar-refractivity contribution in [3.8, 4) is 5.75 Å². The van der Waals surface area contributed by atoms with Gasteiger partial charge in [-0.25, -0.2) is 0 Å². The molecule has 4 rings (SSSR count). The van der Waals surface area contributed by atoms with E-state index in [4.69, 9.17) is 9.57 Å². The van der Waals surface area contributed by atoms with E-state index in [1.54, 1.807) is 12.1 Å². The molecule has 1 aromatic carbocycles. The van der Waals surface area contributed by atoms with Gasteiger partial charge in [0, 0.05) is 11.8 Å². The maximum absolute atomic E-state index is 12.4. The number of fused-ring (bicyclic) bond motifs is 1. The lowest BCUT2D eigenvalue weighted by Crippen LogP contribution is -2.30. The van der Waals surface area contributed by atoms with Gasteiger partial charge in [0.25, 0.3) is 5.91 Å². The first-order valence-corrected chi connectivity index (χ1v) is 8.44. The number of ether oxygens (including phenoxy) is 1. The summed E-state index contributed by atoms with van der Waals surface area (Å²) < 4.78 is 5.75. The Kier molecular flexibility index (Phi) is 4.56. The number of aromatic nitrogens is 1. The van der Waals surface area contributed by atoms with Crippen LogP contribution in [0.5, 0.6) is 5.75 Å². The molecule has 26 heavy (non-hydrogen) atoms. The highest BCUT2D eigenvalue weighted by Gasteiger charge is 2.29. The fourth-order valence-corrected chi connectivity index (χ4v) is 3.09. The maximum Gasteiger partial charge on any atom is 0.270 e. The molecule has 3 heterocycles. The van der Waals surface area contributed by atoms with Gasteiger partial charge >= 0.3 is 0 Å². The minimum atomic E-state index is -0.299. The molecule has 2 aliphatic heterocycles. The molecule has 1 saturated heterocycles. The van der Waals surface area contributed by atoms with Crippen LogP contribution in [0, 0.1) is 0 Å². The van der Waals surface area contributed by atoms with Crippen LogP contribution in [-0.2, 0) is 11.4 Å². The lowest BCUT2D eigenvalue weighted by molar-refractivity contribution is 0.0329. The molecule has 136 valence electrons. The molecular weight excluding hydrogens is 336 g/mol. The van der Waals surface area contributed by atoms with E-state index in [1.165, 1.54) is 6.20 Å². The molecule has 3 atom stereocenters. The maximum atomic E-state index is 12.4. The zero-order chi connectivity index (χ0) is 18.1. The highest BCUT2D eigenvalue weighted by molar-refractivity contribution is 5.92. The van der Waals surface area contributed by atoms with E-state index >= 15 is 0 Å². The molecule has 8 nitrogen and oxygen atoms in total. The lowest BCUT2D eigenvalue weighted by Gasteiger charge is -2.13. The first-order valence-electron chi connectivity index (χ1n) is 8.44. The summed E-state index contributed by atoms with van der Waals surface area (Å²) in [5.41, 5.74) is 5.76. The number of pyridine rings is 1. The zero-order valence-corrected chi connectivity index (χ0v) is 14.2. The number of carbonyl (C=O) groups excluding carboxylic acids is 1. The van der Waals surface area contributed by atoms with Gasteiger partial charge in [-0.2, -0.15) is 5.48 Å². The van der Waals surface area contributed by atoms with Gasteiger partial charge < -0.3 is 15.2 Å². The SMILES string of the molecule is CC1NC(c2ccc3c(c2)OC[C@H]3NC(=O)c2cc(CO)ccn2)NO1. The lowest BCUT2D eigenvalue weighted by atomic mass is 10.0. The molecular formula is C18H20N4O4. The third kappa shape index (κ3) is 3.27. The summed E-state index contributed by atoms with van der Waals surface area (Å²) >= 11 is 0. The molecule has 1 fully saturated rings. The molecule has 8 heteroatoms. The van der Waals surface area contributed by atoms with Crippen molar-refractivity contribution >= 4 is 5.91 Å². The van der Waals surface area contributed by atoms with Gasteiger partial charge in [0.2, 0.25) is 0 Å². The molecule has 1 aromatic heterocycles. The molecule has 0 aliphatic carbocycles. The highest BCUT2D eigenvalue weighted by Crippen LogP contribution is 2.34. The minimum Gasteiger partial charge on any atom is -0.491 e. The third-order valence-corrected chi connectivity index (χ3v) is 4.46. The summed E-state index contributed by atoms with van der Waals surface area (Å²) in [7, 11) is 0. The summed E-state index contributed by atoms with van der Waals surface area (Å²) in [5.74, 6) is 0.445. The van der Waals surface area contributed by atoms with Crippen LogP contribution >= 0.6 is 0 Å². The second-order valence-corrected chi connectivity index (χ2v) is 6.32. The van der Waals surface area contributed by atoms with Crippen LogP contribution in [0.25, 0.3) is 0 Å². The Morgan fingerprint density at radius 1 is 1.38 bits per heavy atom. The number of hydrogen-bond acceptors (Lipinski definition) is 7. The summed E-state index contributed by atoms with van der Waals surface area (Å²) in [6, 6.07) is 8.87. The quantitative estimate of drug-likeness (QED) is 0.645. The fourth-order valence-electron chi connectivity index (χ4n) is 3.09. The molecule has 2 aliphatic rings. The average Bonchev–Trinajstić information content (AvgIpc) is 3.28. The predicted molar refractivity (Wildman–Crippen MR) is 91.9 cm³/mol. The van der Waals surface area contributed by atoms with Crippen molar-refractivity contribution in [2.75, 3.05) is 6.61 Å². The van der Waals surface area contributed by atoms with Gasteiger partial charge in [-0.05, 0) is 36.2 Å².